The first-order valence-corrected chi connectivity index (χ1v) is 4.85. The van der Waals surface area contributed by atoms with E-state index in [9.17, 15) is 22.0 Å². The van der Waals surface area contributed by atoms with Crippen molar-refractivity contribution in [2.45, 2.75) is 6.18 Å². The van der Waals surface area contributed by atoms with Crippen LogP contribution in [0.15, 0.2) is 24.3 Å². The van der Waals surface area contributed by atoms with Crippen LogP contribution in [0.25, 0.3) is 11.3 Å². The van der Waals surface area contributed by atoms with Gasteiger partial charge in [0.15, 0.2) is 0 Å². The van der Waals surface area contributed by atoms with Gasteiger partial charge in [0.25, 0.3) is 0 Å². The number of benzene rings is 1. The third-order valence-electron chi connectivity index (χ3n) is 2.38. The van der Waals surface area contributed by atoms with Crippen LogP contribution in [0.3, 0.4) is 0 Å². The SMILES string of the molecule is Cn1nc(-c2ccc(F)cc2F)cc1C(F)(F)F. The van der Waals surface area contributed by atoms with Crippen molar-refractivity contribution in [2.75, 3.05) is 0 Å². The summed E-state index contributed by atoms with van der Waals surface area (Å²) in [6.45, 7) is 0. The summed E-state index contributed by atoms with van der Waals surface area (Å²) in [6, 6.07) is 3.32. The number of rotatable bonds is 1. The summed E-state index contributed by atoms with van der Waals surface area (Å²) in [5.74, 6) is -1.76. The molecule has 2 nitrogen and oxygen atoms in total. The lowest BCUT2D eigenvalue weighted by molar-refractivity contribution is -0.143. The predicted octanol–water partition coefficient (Wildman–Crippen LogP) is 3.38. The Labute approximate surface area is 98.7 Å². The Morgan fingerprint density at radius 1 is 1.11 bits per heavy atom. The van der Waals surface area contributed by atoms with Crippen molar-refractivity contribution in [3.05, 3.63) is 41.6 Å². The molecule has 1 aromatic carbocycles. The first kappa shape index (κ1) is 12.5. The van der Waals surface area contributed by atoms with E-state index in [0.717, 1.165) is 25.2 Å². The number of nitrogens with zero attached hydrogens (tertiary/aromatic N) is 2. The van der Waals surface area contributed by atoms with Gasteiger partial charge in [-0.15, -0.1) is 0 Å². The fourth-order valence-electron chi connectivity index (χ4n) is 1.56. The Morgan fingerprint density at radius 2 is 1.78 bits per heavy atom. The highest BCUT2D eigenvalue weighted by Gasteiger charge is 2.35. The van der Waals surface area contributed by atoms with E-state index < -0.39 is 23.5 Å². The van der Waals surface area contributed by atoms with E-state index in [2.05, 4.69) is 5.10 Å². The molecule has 0 saturated carbocycles. The first-order chi connectivity index (χ1) is 8.29. The molecular formula is C11H7F5N2. The van der Waals surface area contributed by atoms with Crippen molar-refractivity contribution in [2.24, 2.45) is 7.05 Å². The lowest BCUT2D eigenvalue weighted by Crippen LogP contribution is -2.11. The molecule has 7 heteroatoms. The highest BCUT2D eigenvalue weighted by molar-refractivity contribution is 5.60. The van der Waals surface area contributed by atoms with Crippen molar-refractivity contribution < 1.29 is 22.0 Å². The van der Waals surface area contributed by atoms with Gasteiger partial charge < -0.3 is 0 Å². The molecule has 0 spiro atoms. The van der Waals surface area contributed by atoms with Crippen LogP contribution >= 0.6 is 0 Å². The van der Waals surface area contributed by atoms with Gasteiger partial charge in [-0.3, -0.25) is 4.68 Å². The molecule has 0 radical (unpaired) electrons. The Kier molecular flexibility index (Phi) is 2.84. The molecule has 0 saturated heterocycles. The number of aryl methyl sites for hydroxylation is 1. The average molecular weight is 262 g/mol. The van der Waals surface area contributed by atoms with E-state index in [-0.39, 0.29) is 11.3 Å². The number of alkyl halides is 3. The van der Waals surface area contributed by atoms with Crippen molar-refractivity contribution >= 4 is 0 Å². The van der Waals surface area contributed by atoms with Crippen molar-refractivity contribution in [1.82, 2.24) is 9.78 Å². The van der Waals surface area contributed by atoms with Crippen LogP contribution in [0.4, 0.5) is 22.0 Å². The molecule has 0 amide bonds. The van der Waals surface area contributed by atoms with E-state index in [0.29, 0.717) is 10.7 Å². The second kappa shape index (κ2) is 4.08. The van der Waals surface area contributed by atoms with E-state index >= 15 is 0 Å². The molecule has 96 valence electrons. The summed E-state index contributed by atoms with van der Waals surface area (Å²) in [7, 11) is 1.10. The number of hydrogen-bond acceptors (Lipinski definition) is 1. The van der Waals surface area contributed by atoms with Gasteiger partial charge in [0.2, 0.25) is 0 Å². The third-order valence-corrected chi connectivity index (χ3v) is 2.38. The Morgan fingerprint density at radius 3 is 2.28 bits per heavy atom. The Balaban J connectivity index is 2.53. The smallest absolute Gasteiger partial charge is 0.263 e. The predicted molar refractivity (Wildman–Crippen MR) is 53.6 cm³/mol. The summed E-state index contributed by atoms with van der Waals surface area (Å²) in [5, 5.41) is 3.57. The molecule has 2 aromatic rings. The van der Waals surface area contributed by atoms with Gasteiger partial charge in [0.1, 0.15) is 17.3 Å². The van der Waals surface area contributed by atoms with Crippen LogP contribution in [0.2, 0.25) is 0 Å². The summed E-state index contributed by atoms with van der Waals surface area (Å²) >= 11 is 0. The molecule has 0 bridgehead atoms. The van der Waals surface area contributed by atoms with Gasteiger partial charge in [-0.1, -0.05) is 0 Å². The molecule has 1 aromatic heterocycles. The van der Waals surface area contributed by atoms with E-state index in [1.54, 1.807) is 0 Å². The third kappa shape index (κ3) is 2.20. The van der Waals surface area contributed by atoms with Crippen LogP contribution in [0, 0.1) is 11.6 Å². The molecule has 0 aliphatic rings. The monoisotopic (exact) mass is 262 g/mol. The topological polar surface area (TPSA) is 17.8 Å². The van der Waals surface area contributed by atoms with Crippen LogP contribution in [-0.4, -0.2) is 9.78 Å². The van der Waals surface area contributed by atoms with Crippen LogP contribution in [-0.2, 0) is 13.2 Å². The maximum atomic E-state index is 13.4. The van der Waals surface area contributed by atoms with Crippen LogP contribution in [0.5, 0.6) is 0 Å². The zero-order valence-electron chi connectivity index (χ0n) is 9.09. The van der Waals surface area contributed by atoms with Crippen molar-refractivity contribution in [1.29, 1.82) is 0 Å². The number of aromatic nitrogens is 2. The maximum Gasteiger partial charge on any atom is 0.433 e. The van der Waals surface area contributed by atoms with Gasteiger partial charge in [-0.2, -0.15) is 18.3 Å². The molecule has 0 atom stereocenters. The maximum absolute atomic E-state index is 13.4. The quantitative estimate of drug-likeness (QED) is 0.720. The summed E-state index contributed by atoms with van der Waals surface area (Å²) in [5.41, 5.74) is -1.37. The normalized spacial score (nSPS) is 11.9. The minimum atomic E-state index is -4.57. The average Bonchev–Trinajstić information content (AvgIpc) is 2.59. The first-order valence-electron chi connectivity index (χ1n) is 4.85. The fraction of sp³-hybridized carbons (Fsp3) is 0.182. The van der Waals surface area contributed by atoms with E-state index in [1.165, 1.54) is 0 Å². The zero-order chi connectivity index (χ0) is 13.5. The zero-order valence-corrected chi connectivity index (χ0v) is 9.09. The number of halogens is 5. The van der Waals surface area contributed by atoms with Gasteiger partial charge >= 0.3 is 6.18 Å². The second-order valence-corrected chi connectivity index (χ2v) is 3.66. The van der Waals surface area contributed by atoms with Gasteiger partial charge in [-0.25, -0.2) is 8.78 Å². The van der Waals surface area contributed by atoms with E-state index in [4.69, 9.17) is 0 Å². The molecule has 0 unspecified atom stereocenters. The van der Waals surface area contributed by atoms with Crippen LogP contribution in [0.1, 0.15) is 5.69 Å². The molecule has 0 aliphatic heterocycles. The molecule has 0 N–H and O–H groups in total. The van der Waals surface area contributed by atoms with Crippen molar-refractivity contribution in [3.8, 4) is 11.3 Å². The molecule has 2 rings (SSSR count). The van der Waals surface area contributed by atoms with E-state index in [1.807, 2.05) is 0 Å². The summed E-state index contributed by atoms with van der Waals surface area (Å²) in [4.78, 5) is 0. The lowest BCUT2D eigenvalue weighted by Gasteiger charge is -2.04. The molecule has 1 heterocycles. The molecule has 0 fully saturated rings. The van der Waals surface area contributed by atoms with Crippen molar-refractivity contribution in [3.63, 3.8) is 0 Å². The fourth-order valence-corrected chi connectivity index (χ4v) is 1.56. The Bertz CT molecular complexity index is 586. The second-order valence-electron chi connectivity index (χ2n) is 3.66. The van der Waals surface area contributed by atoms with Crippen LogP contribution < -0.4 is 0 Å². The minimum absolute atomic E-state index is 0.178. The van der Waals surface area contributed by atoms with Gasteiger partial charge in [0.05, 0.1) is 5.69 Å². The van der Waals surface area contributed by atoms with Gasteiger partial charge in [-0.05, 0) is 18.2 Å². The Hall–Kier alpha value is -1.92. The largest absolute Gasteiger partial charge is 0.433 e. The molecular weight excluding hydrogens is 255 g/mol. The summed E-state index contributed by atoms with van der Waals surface area (Å²) < 4.78 is 64.3. The standard InChI is InChI=1S/C11H7F5N2/c1-18-10(11(14,15)16)5-9(17-18)7-3-2-6(12)4-8(7)13/h2-5H,1H3. The molecule has 0 aliphatic carbocycles. The van der Waals surface area contributed by atoms with Gasteiger partial charge in [0, 0.05) is 18.7 Å². The lowest BCUT2D eigenvalue weighted by atomic mass is 10.1. The highest BCUT2D eigenvalue weighted by Crippen LogP contribution is 2.32. The summed E-state index contributed by atoms with van der Waals surface area (Å²) in [6.07, 6.45) is -4.57. The molecule has 18 heavy (non-hydrogen) atoms. The minimum Gasteiger partial charge on any atom is -0.263 e. The number of hydrogen-bond donors (Lipinski definition) is 0. The highest BCUT2D eigenvalue weighted by atomic mass is 19.4.